The second-order valence-corrected chi connectivity index (χ2v) is 2.23. The van der Waals surface area contributed by atoms with Gasteiger partial charge in [0.15, 0.2) is 12.3 Å². The van der Waals surface area contributed by atoms with Crippen LogP contribution in [0.1, 0.15) is 15.3 Å². The van der Waals surface area contributed by atoms with Gasteiger partial charge in [-0.3, -0.25) is 0 Å². The van der Waals surface area contributed by atoms with Crippen LogP contribution in [0.15, 0.2) is 0 Å². The summed E-state index contributed by atoms with van der Waals surface area (Å²) in [6.07, 6.45) is -0.535. The number of ether oxygens (including phenoxy) is 2. The molecule has 82 valence electrons. The standard InChI is InChI=1S/C8H13NO5.Na.H/c1-3-13-7(11)6(5-10)9-8(12)14-4-2;;/h5-6H,3-4H2,1-2H3,(H,9,12);;/q;+1;-1. The molecule has 0 aromatic heterocycles. The van der Waals surface area contributed by atoms with Crippen molar-refractivity contribution in [3.8, 4) is 0 Å². The summed E-state index contributed by atoms with van der Waals surface area (Å²) in [6, 6.07) is -1.30. The Bertz CT molecular complexity index is 226. The predicted molar refractivity (Wildman–Crippen MR) is 47.8 cm³/mol. The molecule has 0 spiro atoms. The smallest absolute Gasteiger partial charge is 1.00 e. The second-order valence-electron chi connectivity index (χ2n) is 2.23. The maximum atomic E-state index is 11.0. The first kappa shape index (κ1) is 16.8. The van der Waals surface area contributed by atoms with E-state index in [4.69, 9.17) is 0 Å². The number of carbonyl (C=O) groups is 3. The average Bonchev–Trinajstić information content (AvgIpc) is 2.15. The van der Waals surface area contributed by atoms with Gasteiger partial charge >= 0.3 is 41.6 Å². The Kier molecular flexibility index (Phi) is 11.2. The number of aldehydes is 1. The van der Waals surface area contributed by atoms with Crippen molar-refractivity contribution in [1.82, 2.24) is 5.32 Å². The van der Waals surface area contributed by atoms with Crippen LogP contribution in [-0.2, 0) is 19.1 Å². The third kappa shape index (κ3) is 7.35. The van der Waals surface area contributed by atoms with Crippen molar-refractivity contribution in [3.05, 3.63) is 0 Å². The van der Waals surface area contributed by atoms with E-state index in [0.29, 0.717) is 0 Å². The molecule has 0 aliphatic rings. The summed E-state index contributed by atoms with van der Waals surface area (Å²) < 4.78 is 9.02. The third-order valence-corrected chi connectivity index (χ3v) is 1.23. The van der Waals surface area contributed by atoms with E-state index in [-0.39, 0.29) is 50.5 Å². The van der Waals surface area contributed by atoms with Crippen molar-refractivity contribution in [2.75, 3.05) is 13.2 Å². The van der Waals surface area contributed by atoms with Crippen LogP contribution in [-0.4, -0.2) is 37.6 Å². The summed E-state index contributed by atoms with van der Waals surface area (Å²) in [5.74, 6) is -0.796. The van der Waals surface area contributed by atoms with E-state index in [9.17, 15) is 14.4 Å². The summed E-state index contributed by atoms with van der Waals surface area (Å²) in [5.41, 5.74) is 0. The molecule has 0 aliphatic heterocycles. The van der Waals surface area contributed by atoms with Crippen molar-refractivity contribution in [3.63, 3.8) is 0 Å². The summed E-state index contributed by atoms with van der Waals surface area (Å²) in [5, 5.41) is 2.05. The average molecular weight is 227 g/mol. The number of hydrogen-bond donors (Lipinski definition) is 1. The van der Waals surface area contributed by atoms with Gasteiger partial charge in [-0.15, -0.1) is 0 Å². The molecule has 1 N–H and O–H groups in total. The summed E-state index contributed by atoms with van der Waals surface area (Å²) >= 11 is 0. The molecule has 0 fully saturated rings. The van der Waals surface area contributed by atoms with Gasteiger partial charge in [0.1, 0.15) is 0 Å². The van der Waals surface area contributed by atoms with Crippen LogP contribution >= 0.6 is 0 Å². The molecule has 0 saturated heterocycles. The molecule has 6 nitrogen and oxygen atoms in total. The van der Waals surface area contributed by atoms with Crippen molar-refractivity contribution in [2.45, 2.75) is 19.9 Å². The van der Waals surface area contributed by atoms with Crippen molar-refractivity contribution >= 4 is 18.3 Å². The molecule has 0 aliphatic carbocycles. The van der Waals surface area contributed by atoms with Crippen LogP contribution in [0.3, 0.4) is 0 Å². The summed E-state index contributed by atoms with van der Waals surface area (Å²) in [7, 11) is 0. The minimum absolute atomic E-state index is 0. The number of hydrogen-bond acceptors (Lipinski definition) is 5. The normalized spacial score (nSPS) is 10.5. The van der Waals surface area contributed by atoms with Gasteiger partial charge in [-0.25, -0.2) is 9.59 Å². The molecule has 1 amide bonds. The molecular formula is C8H14NNaO5. The van der Waals surface area contributed by atoms with E-state index in [1.807, 2.05) is 5.32 Å². The van der Waals surface area contributed by atoms with Crippen LogP contribution in [0.2, 0.25) is 0 Å². The Morgan fingerprint density at radius 1 is 1.33 bits per heavy atom. The number of amides is 1. The van der Waals surface area contributed by atoms with Gasteiger partial charge in [-0.05, 0) is 13.8 Å². The monoisotopic (exact) mass is 227 g/mol. The van der Waals surface area contributed by atoms with Crippen LogP contribution in [0.5, 0.6) is 0 Å². The number of esters is 1. The molecule has 0 aromatic carbocycles. The van der Waals surface area contributed by atoms with Gasteiger partial charge in [0.2, 0.25) is 0 Å². The Balaban J connectivity index is -0.000000845. The molecular weight excluding hydrogens is 213 g/mol. The summed E-state index contributed by atoms with van der Waals surface area (Å²) in [4.78, 5) is 32.2. The first-order valence-electron chi connectivity index (χ1n) is 4.20. The van der Waals surface area contributed by atoms with Gasteiger partial charge in [0.05, 0.1) is 13.2 Å². The molecule has 0 heterocycles. The quantitative estimate of drug-likeness (QED) is 0.234. The van der Waals surface area contributed by atoms with Crippen LogP contribution < -0.4 is 34.9 Å². The first-order valence-corrected chi connectivity index (χ1v) is 4.20. The zero-order valence-electron chi connectivity index (χ0n) is 10.1. The third-order valence-electron chi connectivity index (χ3n) is 1.23. The van der Waals surface area contributed by atoms with Gasteiger partial charge in [-0.1, -0.05) is 0 Å². The van der Waals surface area contributed by atoms with Crippen LogP contribution in [0.4, 0.5) is 4.79 Å². The SMILES string of the molecule is CCOC(=O)NC(C=O)C(=O)OCC.[H-].[Na+]. The van der Waals surface area contributed by atoms with Crippen LogP contribution in [0.25, 0.3) is 0 Å². The second kappa shape index (κ2) is 9.95. The minimum atomic E-state index is -1.30. The minimum Gasteiger partial charge on any atom is -1.00 e. The molecule has 0 saturated carbocycles. The fraction of sp³-hybridized carbons (Fsp3) is 0.625. The fourth-order valence-corrected chi connectivity index (χ4v) is 0.680. The van der Waals surface area contributed by atoms with Crippen LogP contribution in [0, 0.1) is 0 Å². The van der Waals surface area contributed by atoms with E-state index in [2.05, 4.69) is 9.47 Å². The Hall–Kier alpha value is -0.590. The van der Waals surface area contributed by atoms with E-state index < -0.39 is 18.1 Å². The molecule has 1 atom stereocenters. The molecule has 15 heavy (non-hydrogen) atoms. The molecule has 1 unspecified atom stereocenters. The van der Waals surface area contributed by atoms with Gasteiger partial charge < -0.3 is 21.0 Å². The Morgan fingerprint density at radius 3 is 2.27 bits per heavy atom. The molecule has 0 bridgehead atoms. The Labute approximate surface area is 111 Å². The Morgan fingerprint density at radius 2 is 1.87 bits per heavy atom. The topological polar surface area (TPSA) is 81.7 Å². The maximum absolute atomic E-state index is 11.0. The van der Waals surface area contributed by atoms with Crippen molar-refractivity contribution < 1.29 is 54.8 Å². The zero-order valence-corrected chi connectivity index (χ0v) is 11.1. The first-order chi connectivity index (χ1) is 6.65. The molecule has 0 aromatic rings. The number of alkyl carbamates (subject to hydrolysis) is 1. The summed E-state index contributed by atoms with van der Waals surface area (Å²) in [6.45, 7) is 3.53. The van der Waals surface area contributed by atoms with E-state index >= 15 is 0 Å². The number of carbonyl (C=O) groups excluding carboxylic acids is 3. The fourth-order valence-electron chi connectivity index (χ4n) is 0.680. The van der Waals surface area contributed by atoms with E-state index in [0.717, 1.165) is 0 Å². The van der Waals surface area contributed by atoms with Gasteiger partial charge in [0.25, 0.3) is 0 Å². The molecule has 7 heteroatoms. The van der Waals surface area contributed by atoms with Gasteiger partial charge in [0, 0.05) is 0 Å². The molecule has 0 rings (SSSR count). The van der Waals surface area contributed by atoms with Crippen molar-refractivity contribution in [2.24, 2.45) is 0 Å². The van der Waals surface area contributed by atoms with Gasteiger partial charge in [-0.2, -0.15) is 0 Å². The van der Waals surface area contributed by atoms with E-state index in [1.165, 1.54) is 0 Å². The largest absolute Gasteiger partial charge is 1.00 e. The zero-order chi connectivity index (χ0) is 11.0. The van der Waals surface area contributed by atoms with E-state index in [1.54, 1.807) is 13.8 Å². The predicted octanol–water partition coefficient (Wildman–Crippen LogP) is -3.02. The van der Waals surface area contributed by atoms with Crippen molar-refractivity contribution in [1.29, 1.82) is 0 Å². The maximum Gasteiger partial charge on any atom is 1.00 e. The molecule has 0 radical (unpaired) electrons. The number of rotatable bonds is 5. The number of nitrogens with one attached hydrogen (secondary N) is 1.